The van der Waals surface area contributed by atoms with Crippen molar-refractivity contribution in [3.05, 3.63) is 66.8 Å². The molecule has 2 aromatic carbocycles. The van der Waals surface area contributed by atoms with Gasteiger partial charge in [-0.2, -0.15) is 0 Å². The highest BCUT2D eigenvalue weighted by atomic mass is 16.5. The second-order valence-corrected chi connectivity index (χ2v) is 18.5. The Hall–Kier alpha value is -6.27. The van der Waals surface area contributed by atoms with Gasteiger partial charge in [-0.1, -0.05) is 30.3 Å². The molecule has 4 saturated heterocycles. The number of alkyl carbamates (subject to hydrolysis) is 2. The van der Waals surface area contributed by atoms with E-state index in [9.17, 15) is 19.2 Å². The molecule has 0 unspecified atom stereocenters. The largest absolute Gasteiger partial charge is 0.453 e. The second-order valence-electron chi connectivity index (χ2n) is 18.5. The molecule has 6 fully saturated rings. The molecule has 11 rings (SSSR count). The average Bonchev–Trinajstić information content (AvgIpc) is 3.80. The summed E-state index contributed by atoms with van der Waals surface area (Å²) in [5.41, 5.74) is 7.16. The molecule has 6 aliphatic rings. The predicted molar refractivity (Wildman–Crippen MR) is 235 cm³/mol. The van der Waals surface area contributed by atoms with Crippen LogP contribution in [0, 0.1) is 23.7 Å². The quantitative estimate of drug-likeness (QED) is 0.109. The van der Waals surface area contributed by atoms with Crippen molar-refractivity contribution >= 4 is 35.0 Å². The van der Waals surface area contributed by atoms with Gasteiger partial charge in [0.05, 0.1) is 67.4 Å². The average molecular weight is 887 g/mol. The van der Waals surface area contributed by atoms with Crippen LogP contribution in [0.1, 0.15) is 75.1 Å². The lowest BCUT2D eigenvalue weighted by Crippen LogP contribution is -2.54. The third-order valence-electron chi connectivity index (χ3n) is 14.8. The van der Waals surface area contributed by atoms with E-state index in [1.54, 1.807) is 6.33 Å². The summed E-state index contributed by atoms with van der Waals surface area (Å²) < 4.78 is 21.0. The zero-order valence-electron chi connectivity index (χ0n) is 36.5. The van der Waals surface area contributed by atoms with E-state index in [-0.39, 0.29) is 47.8 Å². The van der Waals surface area contributed by atoms with E-state index in [1.807, 2.05) is 28.3 Å². The molecule has 4 aliphatic heterocycles. The van der Waals surface area contributed by atoms with Crippen LogP contribution in [0.5, 0.6) is 0 Å². The van der Waals surface area contributed by atoms with Gasteiger partial charge in [-0.25, -0.2) is 24.5 Å². The van der Waals surface area contributed by atoms with Crippen molar-refractivity contribution in [3.8, 4) is 33.6 Å². The zero-order valence-corrected chi connectivity index (χ0v) is 36.5. The number of aromatic nitrogens is 6. The van der Waals surface area contributed by atoms with Crippen LogP contribution in [0.2, 0.25) is 0 Å². The number of imidazole rings is 3. The van der Waals surface area contributed by atoms with Crippen molar-refractivity contribution in [2.75, 3.05) is 40.6 Å². The summed E-state index contributed by atoms with van der Waals surface area (Å²) in [6.07, 6.45) is 10.4. The molecule has 18 heteroatoms. The van der Waals surface area contributed by atoms with Crippen LogP contribution in [0.4, 0.5) is 9.59 Å². The first-order valence-corrected chi connectivity index (χ1v) is 22.9. The number of piperidine rings is 2. The normalized spacial score (nSPS) is 26.0. The number of carbonyl (C=O) groups is 4. The Labute approximate surface area is 374 Å². The molecule has 2 saturated carbocycles. The summed E-state index contributed by atoms with van der Waals surface area (Å²) in [6, 6.07) is 10.8. The van der Waals surface area contributed by atoms with Crippen molar-refractivity contribution in [3.63, 3.8) is 0 Å². The molecule has 8 atom stereocenters. The van der Waals surface area contributed by atoms with E-state index >= 15 is 0 Å². The number of nitrogens with zero attached hydrogens (tertiary/aromatic N) is 5. The van der Waals surface area contributed by atoms with Crippen LogP contribution < -0.4 is 10.6 Å². The van der Waals surface area contributed by atoms with Crippen molar-refractivity contribution < 1.29 is 38.1 Å². The Morgan fingerprint density at radius 1 is 0.646 bits per heavy atom. The molecular formula is C47H54N10O8. The first kappa shape index (κ1) is 41.4. The smallest absolute Gasteiger partial charge is 0.407 e. The third-order valence-corrected chi connectivity index (χ3v) is 14.8. The molecule has 65 heavy (non-hydrogen) atoms. The molecule has 4 amide bonds. The fourth-order valence-electron chi connectivity index (χ4n) is 11.2. The van der Waals surface area contributed by atoms with Crippen LogP contribution in [0.15, 0.2) is 55.1 Å². The molecule has 3 aromatic heterocycles. The predicted octanol–water partition coefficient (Wildman–Crippen LogP) is 5.64. The number of carbonyl (C=O) groups excluding carboxylic acids is 4. The van der Waals surface area contributed by atoms with Crippen LogP contribution >= 0.6 is 0 Å². The molecule has 0 radical (unpaired) electrons. The maximum absolute atomic E-state index is 14.3. The lowest BCUT2D eigenvalue weighted by atomic mass is 9.90. The topological polar surface area (TPSA) is 222 Å². The molecule has 2 aliphatic carbocycles. The molecule has 18 nitrogen and oxygen atoms in total. The number of aromatic amines is 3. The number of nitrogens with one attached hydrogen (secondary N) is 5. The van der Waals surface area contributed by atoms with Gasteiger partial charge in [0, 0.05) is 49.6 Å². The number of hydrogen-bond acceptors (Lipinski definition) is 11. The maximum Gasteiger partial charge on any atom is 0.407 e. The van der Waals surface area contributed by atoms with Crippen LogP contribution in [-0.4, -0.2) is 129 Å². The molecular weight excluding hydrogens is 833 g/mol. The molecule has 5 N–H and O–H groups in total. The van der Waals surface area contributed by atoms with Gasteiger partial charge < -0.3 is 54.3 Å². The van der Waals surface area contributed by atoms with Gasteiger partial charge in [0.1, 0.15) is 23.7 Å². The maximum atomic E-state index is 14.3. The first-order valence-electron chi connectivity index (χ1n) is 22.9. The fourth-order valence-corrected chi connectivity index (χ4v) is 11.2. The minimum absolute atomic E-state index is 0.0325. The number of methoxy groups -OCH3 is 2. The zero-order chi connectivity index (χ0) is 44.3. The SMILES string of the molecule is COC(=O)N[C@H](C(=O)N1[C@@H]2C[C@@H]2C[C@H]1c1ncc(-c2ccc(-c3ccc(-c4cnc([C@@H]5C[C@H]6C[C@H]6N5C(=O)[C@@H](NC(=O)OC)C5CCOCC5)[nH]4)c4nc[nH]c34)cc2)[nH]1)C1CCOCC1. The minimum atomic E-state index is -0.699. The highest BCUT2D eigenvalue weighted by Crippen LogP contribution is 2.55. The lowest BCUT2D eigenvalue weighted by molar-refractivity contribution is -0.138. The number of ether oxygens (including phenoxy) is 4. The van der Waals surface area contributed by atoms with E-state index in [4.69, 9.17) is 33.9 Å². The van der Waals surface area contributed by atoms with Crippen molar-refractivity contribution in [2.24, 2.45) is 23.7 Å². The molecule has 0 bridgehead atoms. The number of likely N-dealkylation sites (tertiary alicyclic amines) is 2. The van der Waals surface area contributed by atoms with Gasteiger partial charge in [-0.05, 0) is 92.2 Å². The molecule has 7 heterocycles. The van der Waals surface area contributed by atoms with E-state index < -0.39 is 24.3 Å². The molecule has 340 valence electrons. The third kappa shape index (κ3) is 7.69. The summed E-state index contributed by atoms with van der Waals surface area (Å²) in [7, 11) is 2.63. The van der Waals surface area contributed by atoms with Crippen molar-refractivity contribution in [1.29, 1.82) is 0 Å². The summed E-state index contributed by atoms with van der Waals surface area (Å²) in [6.45, 7) is 2.22. The monoisotopic (exact) mass is 886 g/mol. The fraction of sp³-hybridized carbons (Fsp3) is 0.511. The minimum Gasteiger partial charge on any atom is -0.453 e. The van der Waals surface area contributed by atoms with Crippen molar-refractivity contribution in [1.82, 2.24) is 50.3 Å². The van der Waals surface area contributed by atoms with E-state index in [0.29, 0.717) is 69.8 Å². The Bertz CT molecular complexity index is 2590. The van der Waals surface area contributed by atoms with Gasteiger partial charge >= 0.3 is 12.2 Å². The van der Waals surface area contributed by atoms with Crippen molar-refractivity contribution in [2.45, 2.75) is 87.6 Å². The van der Waals surface area contributed by atoms with Gasteiger partial charge in [-0.15, -0.1) is 0 Å². The number of hydrogen-bond donors (Lipinski definition) is 5. The van der Waals surface area contributed by atoms with Gasteiger partial charge in [-0.3, -0.25) is 9.59 Å². The Kier molecular flexibility index (Phi) is 10.8. The summed E-state index contributed by atoms with van der Waals surface area (Å²) in [5.74, 6) is 2.03. The highest BCUT2D eigenvalue weighted by Gasteiger charge is 2.58. The number of fused-ring (bicyclic) bond motifs is 3. The lowest BCUT2D eigenvalue weighted by Gasteiger charge is -2.35. The first-order chi connectivity index (χ1) is 31.8. The van der Waals surface area contributed by atoms with Gasteiger partial charge in [0.15, 0.2) is 0 Å². The number of amides is 4. The van der Waals surface area contributed by atoms with E-state index in [0.717, 1.165) is 76.2 Å². The number of H-pyrrole nitrogens is 3. The van der Waals surface area contributed by atoms with Gasteiger partial charge in [0.2, 0.25) is 11.8 Å². The summed E-state index contributed by atoms with van der Waals surface area (Å²) >= 11 is 0. The van der Waals surface area contributed by atoms with Crippen LogP contribution in [0.3, 0.4) is 0 Å². The number of rotatable bonds is 11. The standard InChI is InChI=1S/C47H54N10O8/c1-62-46(60)54-38(26-9-13-64-14-10-26)44(58)56-34-17-28(34)19-36(56)42-48-21-32(52-42)25-5-3-24(4-6-25)30-7-8-31(41-40(30)50-23-51-41)33-22-49-43(53-33)37-20-29-18-35(29)57(37)45(59)39(55-47(61)63-2)27-11-15-65-16-12-27/h3-8,21-23,26-29,34-39H,9-20H2,1-2H3,(H,48,52)(H,49,53)(H,50,51)(H,54,60)(H,55,61)/t28-,29-,34-,35-,36+,37+,38+,39+/m1/s1. The molecule has 5 aromatic rings. The second kappa shape index (κ2) is 16.9. The number of benzene rings is 2. The van der Waals surface area contributed by atoms with Crippen LogP contribution in [0.25, 0.3) is 44.7 Å². The van der Waals surface area contributed by atoms with E-state index in [2.05, 4.69) is 55.9 Å². The summed E-state index contributed by atoms with van der Waals surface area (Å²) in [4.78, 5) is 82.2. The van der Waals surface area contributed by atoms with Gasteiger partial charge in [0.25, 0.3) is 0 Å². The van der Waals surface area contributed by atoms with E-state index in [1.165, 1.54) is 14.2 Å². The van der Waals surface area contributed by atoms with Crippen LogP contribution in [-0.2, 0) is 28.5 Å². The Morgan fingerprint density at radius 3 is 1.68 bits per heavy atom. The molecule has 0 spiro atoms. The summed E-state index contributed by atoms with van der Waals surface area (Å²) in [5, 5.41) is 5.71. The Balaban J connectivity index is 0.803. The highest BCUT2D eigenvalue weighted by molar-refractivity contribution is 6.00. The Morgan fingerprint density at radius 2 is 1.14 bits per heavy atom.